The summed E-state index contributed by atoms with van der Waals surface area (Å²) in [6.07, 6.45) is -21.9. The van der Waals surface area contributed by atoms with Gasteiger partial charge in [-0.25, -0.2) is 20.2 Å². The van der Waals surface area contributed by atoms with Crippen LogP contribution in [0.3, 0.4) is 0 Å². The molecule has 16 heteroatoms. The van der Waals surface area contributed by atoms with E-state index in [0.29, 0.717) is 24.3 Å². The number of hydrogen-bond acceptors (Lipinski definition) is 2. The molecule has 0 radical (unpaired) electrons. The quantitative estimate of drug-likeness (QED) is 0.205. The minimum atomic E-state index is -5.58. The molecule has 0 aliphatic carbocycles. The molecule has 0 saturated heterocycles. The Bertz CT molecular complexity index is 1990. The van der Waals surface area contributed by atoms with Crippen molar-refractivity contribution < 1.29 is 52.7 Å². The zero-order chi connectivity index (χ0) is 35.2. The maximum absolute atomic E-state index is 14.3. The van der Waals surface area contributed by atoms with Crippen LogP contribution in [0.25, 0.3) is 43.3 Å². The van der Waals surface area contributed by atoms with Crippen molar-refractivity contribution >= 4 is 11.4 Å². The van der Waals surface area contributed by atoms with Crippen molar-refractivity contribution in [2.24, 2.45) is 0 Å². The third-order valence-electron chi connectivity index (χ3n) is 6.50. The molecule has 0 N–H and O–H groups in total. The number of alkyl halides is 12. The van der Waals surface area contributed by atoms with Gasteiger partial charge in [-0.3, -0.25) is 0 Å². The summed E-state index contributed by atoms with van der Waals surface area (Å²) in [6.45, 7) is 16.3. The lowest BCUT2D eigenvalue weighted by atomic mass is 9.85. The molecule has 0 heterocycles. The molecule has 0 bridgehead atoms. The van der Waals surface area contributed by atoms with Gasteiger partial charge < -0.3 is 0 Å². The Hall–Kier alpha value is -5.48. The molecule has 0 spiro atoms. The van der Waals surface area contributed by atoms with Gasteiger partial charge in [0, 0.05) is 5.56 Å². The van der Waals surface area contributed by atoms with Gasteiger partial charge >= 0.3 is 24.7 Å². The van der Waals surface area contributed by atoms with E-state index in [0.717, 1.165) is 13.8 Å². The first-order chi connectivity index (χ1) is 21.0. The molecule has 0 atom stereocenters. The van der Waals surface area contributed by atoms with Crippen molar-refractivity contribution in [1.82, 2.24) is 0 Å². The molecule has 236 valence electrons. The summed E-state index contributed by atoms with van der Waals surface area (Å²) in [5.74, 6) is 0. The maximum atomic E-state index is 14.3. The van der Waals surface area contributed by atoms with Gasteiger partial charge in [-0.1, -0.05) is 12.1 Å². The fourth-order valence-electron chi connectivity index (χ4n) is 4.75. The van der Waals surface area contributed by atoms with E-state index in [1.807, 2.05) is 0 Å². The number of halogens is 12. The first kappa shape index (κ1) is 35.0. The second-order valence-corrected chi connectivity index (χ2v) is 9.53. The van der Waals surface area contributed by atoms with Crippen LogP contribution in [0.15, 0.2) is 36.4 Å². The fourth-order valence-corrected chi connectivity index (χ4v) is 4.75. The first-order valence-corrected chi connectivity index (χ1v) is 12.1. The minimum absolute atomic E-state index is 0.263. The Labute approximate surface area is 251 Å². The fraction of sp³-hybridized carbons (Fsp3) is 0.200. The Morgan fingerprint density at radius 3 is 1.26 bits per heavy atom. The number of benzene rings is 3. The molecule has 0 aliphatic rings. The molecule has 0 aromatic heterocycles. The van der Waals surface area contributed by atoms with Gasteiger partial charge in [0.2, 0.25) is 0 Å². The second-order valence-electron chi connectivity index (χ2n) is 9.53. The summed E-state index contributed by atoms with van der Waals surface area (Å²) >= 11 is 0. The van der Waals surface area contributed by atoms with Crippen LogP contribution in [0.4, 0.5) is 52.7 Å². The summed E-state index contributed by atoms with van der Waals surface area (Å²) < 4.78 is 169. The zero-order valence-corrected chi connectivity index (χ0v) is 22.8. The topological polar surface area (TPSA) is 56.3 Å². The van der Waals surface area contributed by atoms with Gasteiger partial charge in [0.1, 0.15) is 0 Å². The van der Waals surface area contributed by atoms with Crippen molar-refractivity contribution in [2.45, 2.75) is 38.6 Å². The van der Waals surface area contributed by atoms with Crippen molar-refractivity contribution in [1.29, 1.82) is 10.5 Å². The van der Waals surface area contributed by atoms with E-state index in [1.165, 1.54) is 12.1 Å². The zero-order valence-electron chi connectivity index (χ0n) is 22.8. The van der Waals surface area contributed by atoms with E-state index < -0.39 is 102 Å². The molecule has 3 rings (SSSR count). The molecular weight excluding hydrogens is 644 g/mol. The van der Waals surface area contributed by atoms with E-state index in [1.54, 1.807) is 0 Å². The monoisotopic (exact) mass is 656 g/mol. The Kier molecular flexibility index (Phi) is 8.97. The largest absolute Gasteiger partial charge is 0.417 e. The molecule has 0 unspecified atom stereocenters. The number of aryl methyl sites for hydroxylation is 2. The lowest BCUT2D eigenvalue weighted by Crippen LogP contribution is -2.24. The molecule has 0 fully saturated rings. The van der Waals surface area contributed by atoms with Crippen molar-refractivity contribution in [3.05, 3.63) is 103 Å². The highest BCUT2D eigenvalue weighted by molar-refractivity contribution is 5.86. The smallest absolute Gasteiger partial charge is 0.226 e. The van der Waals surface area contributed by atoms with E-state index in [-0.39, 0.29) is 12.1 Å². The summed E-state index contributed by atoms with van der Waals surface area (Å²) in [6, 6.07) is 3.78. The minimum Gasteiger partial charge on any atom is -0.226 e. The normalized spacial score (nSPS) is 13.6. The van der Waals surface area contributed by atoms with Crippen molar-refractivity contribution in [3.8, 4) is 34.4 Å². The molecule has 3 aromatic rings. The Morgan fingerprint density at radius 2 is 0.935 bits per heavy atom. The number of rotatable bonds is 2. The first-order valence-electron chi connectivity index (χ1n) is 12.1. The third kappa shape index (κ3) is 6.62. The SMILES string of the molecule is [C-]#[N+]C(C#N)=c1cc(-c2c(C(F)(F)F)cc(C)cc2C(F)(F)F)c(=C(C#N)[N+]#[C-])cc1-c1c(C)cc(C(F)(F)F)cc1C(F)(F)F. The Morgan fingerprint density at radius 1 is 0.565 bits per heavy atom. The van der Waals surface area contributed by atoms with E-state index in [4.69, 9.17) is 13.1 Å². The van der Waals surface area contributed by atoms with E-state index >= 15 is 0 Å². The van der Waals surface area contributed by atoms with Crippen LogP contribution in [-0.2, 0) is 24.7 Å². The predicted molar refractivity (Wildman–Crippen MR) is 137 cm³/mol. The highest BCUT2D eigenvalue weighted by Crippen LogP contribution is 2.46. The van der Waals surface area contributed by atoms with Crippen LogP contribution in [-0.4, -0.2) is 0 Å². The third-order valence-corrected chi connectivity index (χ3v) is 6.50. The molecule has 4 nitrogen and oxygen atoms in total. The highest BCUT2D eigenvalue weighted by Gasteiger charge is 2.43. The van der Waals surface area contributed by atoms with Crippen LogP contribution >= 0.6 is 0 Å². The van der Waals surface area contributed by atoms with E-state index in [2.05, 4.69) is 9.69 Å². The standard InChI is InChI=1S/C30H12F12N4/c1-13-5-20(28(34,35)36)26(21(6-13)29(37,38)39)19-10-16(23(11-43)45-3)18(9-17(19)24(12-44)46-4)25-14(2)7-15(27(31,32)33)8-22(25)30(40,41)42/h5-10H,1-2H3. The average molecular weight is 656 g/mol. The second kappa shape index (κ2) is 11.8. The van der Waals surface area contributed by atoms with Crippen LogP contribution in [0.5, 0.6) is 0 Å². The number of nitriles is 2. The summed E-state index contributed by atoms with van der Waals surface area (Å²) in [7, 11) is 0. The molecule has 0 amide bonds. The number of nitrogens with zero attached hydrogens (tertiary/aromatic N) is 4. The molecular formula is C30H12F12N4. The van der Waals surface area contributed by atoms with Crippen LogP contribution in [0.1, 0.15) is 33.4 Å². The van der Waals surface area contributed by atoms with Crippen LogP contribution in [0.2, 0.25) is 0 Å². The summed E-state index contributed by atoms with van der Waals surface area (Å²) in [4.78, 5) is 5.61. The van der Waals surface area contributed by atoms with Crippen molar-refractivity contribution in [3.63, 3.8) is 0 Å². The molecule has 3 aromatic carbocycles. The van der Waals surface area contributed by atoms with E-state index in [9.17, 15) is 63.2 Å². The average Bonchev–Trinajstić information content (AvgIpc) is 2.92. The van der Waals surface area contributed by atoms with Gasteiger partial charge in [0.25, 0.3) is 11.4 Å². The lowest BCUT2D eigenvalue weighted by Gasteiger charge is -2.23. The van der Waals surface area contributed by atoms with Gasteiger partial charge in [0.05, 0.1) is 47.5 Å². The van der Waals surface area contributed by atoms with Gasteiger partial charge in [-0.2, -0.15) is 52.7 Å². The van der Waals surface area contributed by atoms with Crippen LogP contribution < -0.4 is 10.4 Å². The lowest BCUT2D eigenvalue weighted by molar-refractivity contribution is -0.144. The molecule has 0 saturated carbocycles. The number of hydrogen-bond donors (Lipinski definition) is 0. The maximum Gasteiger partial charge on any atom is 0.417 e. The molecule has 46 heavy (non-hydrogen) atoms. The molecule has 0 aliphatic heterocycles. The van der Waals surface area contributed by atoms with Gasteiger partial charge in [0.15, 0.2) is 0 Å². The van der Waals surface area contributed by atoms with Gasteiger partial charge in [-0.15, -0.1) is 0 Å². The highest BCUT2D eigenvalue weighted by atomic mass is 19.4. The van der Waals surface area contributed by atoms with Gasteiger partial charge in [-0.05, 0) is 76.4 Å². The summed E-state index contributed by atoms with van der Waals surface area (Å²) in [5.41, 5.74) is -16.3. The predicted octanol–water partition coefficient (Wildman–Crippen LogP) is 8.81. The van der Waals surface area contributed by atoms with Crippen molar-refractivity contribution in [2.75, 3.05) is 0 Å². The Balaban J connectivity index is 2.89. The van der Waals surface area contributed by atoms with Crippen LogP contribution in [0, 0.1) is 49.7 Å². The summed E-state index contributed by atoms with van der Waals surface area (Å²) in [5, 5.41) is 17.1.